The van der Waals surface area contributed by atoms with Crippen LogP contribution < -0.4 is 4.90 Å². The standard InChI is InChI=1S/C26H41N3/c1-3-26(4-2)20-27-24-14-10-11-15-25(24)29(21-26)23-16-18-28(19-17-23)22-12-8-6-5-7-9-13-22/h10-11,14-15,20,22-23H,3-9,12-13,16-19,21H2,1-2H3. The van der Waals surface area contributed by atoms with E-state index in [0.717, 1.165) is 12.6 Å². The van der Waals surface area contributed by atoms with Gasteiger partial charge >= 0.3 is 0 Å². The summed E-state index contributed by atoms with van der Waals surface area (Å²) < 4.78 is 0. The van der Waals surface area contributed by atoms with Gasteiger partial charge in [0.2, 0.25) is 0 Å². The van der Waals surface area contributed by atoms with Crippen molar-refractivity contribution in [2.24, 2.45) is 10.4 Å². The molecule has 0 atom stereocenters. The van der Waals surface area contributed by atoms with Gasteiger partial charge in [0.1, 0.15) is 0 Å². The molecule has 3 nitrogen and oxygen atoms in total. The maximum absolute atomic E-state index is 4.96. The zero-order chi connectivity index (χ0) is 20.1. The number of hydrogen-bond donors (Lipinski definition) is 0. The minimum Gasteiger partial charge on any atom is -0.366 e. The molecular weight excluding hydrogens is 354 g/mol. The summed E-state index contributed by atoms with van der Waals surface area (Å²) in [7, 11) is 0. The van der Waals surface area contributed by atoms with E-state index in [-0.39, 0.29) is 5.41 Å². The maximum atomic E-state index is 4.96. The SMILES string of the molecule is CCC1(CC)C=Nc2ccccc2N(C2CCN(C3CCCCCCC3)CC2)C1. The van der Waals surface area contributed by atoms with Crippen LogP contribution >= 0.6 is 0 Å². The van der Waals surface area contributed by atoms with Crippen LogP contribution in [-0.4, -0.2) is 42.8 Å². The van der Waals surface area contributed by atoms with Gasteiger partial charge in [-0.1, -0.05) is 58.1 Å². The van der Waals surface area contributed by atoms with Crippen LogP contribution in [0.2, 0.25) is 0 Å². The lowest BCUT2D eigenvalue weighted by Crippen LogP contribution is -2.51. The summed E-state index contributed by atoms with van der Waals surface area (Å²) in [5, 5.41) is 0. The first-order valence-electron chi connectivity index (χ1n) is 12.4. The van der Waals surface area contributed by atoms with Gasteiger partial charge in [-0.15, -0.1) is 0 Å². The monoisotopic (exact) mass is 395 g/mol. The lowest BCUT2D eigenvalue weighted by Gasteiger charge is -2.45. The molecule has 2 fully saturated rings. The molecule has 160 valence electrons. The molecule has 0 amide bonds. The van der Waals surface area contributed by atoms with E-state index in [9.17, 15) is 0 Å². The topological polar surface area (TPSA) is 18.8 Å². The second-order valence-corrected chi connectivity index (χ2v) is 9.71. The summed E-state index contributed by atoms with van der Waals surface area (Å²) >= 11 is 0. The summed E-state index contributed by atoms with van der Waals surface area (Å²) in [6.45, 7) is 8.34. The Labute approximate surface area is 178 Å². The molecule has 1 aromatic carbocycles. The van der Waals surface area contributed by atoms with Crippen LogP contribution in [0.4, 0.5) is 11.4 Å². The van der Waals surface area contributed by atoms with Gasteiger partial charge in [0.25, 0.3) is 0 Å². The molecule has 29 heavy (non-hydrogen) atoms. The highest BCUT2D eigenvalue weighted by atomic mass is 15.2. The summed E-state index contributed by atoms with van der Waals surface area (Å²) in [5.74, 6) is 0. The van der Waals surface area contributed by atoms with E-state index >= 15 is 0 Å². The van der Waals surface area contributed by atoms with Crippen molar-refractivity contribution in [1.29, 1.82) is 0 Å². The van der Waals surface area contributed by atoms with Crippen molar-refractivity contribution in [3.8, 4) is 0 Å². The average molecular weight is 396 g/mol. The van der Waals surface area contributed by atoms with Crippen molar-refractivity contribution < 1.29 is 0 Å². The molecule has 2 aliphatic heterocycles. The molecule has 0 N–H and O–H groups in total. The van der Waals surface area contributed by atoms with Crippen molar-refractivity contribution in [2.45, 2.75) is 96.6 Å². The molecule has 2 heterocycles. The predicted molar refractivity (Wildman–Crippen MR) is 126 cm³/mol. The van der Waals surface area contributed by atoms with Crippen molar-refractivity contribution in [2.75, 3.05) is 24.5 Å². The maximum Gasteiger partial charge on any atom is 0.0859 e. The molecule has 0 unspecified atom stereocenters. The molecule has 3 aliphatic rings. The zero-order valence-corrected chi connectivity index (χ0v) is 18.8. The smallest absolute Gasteiger partial charge is 0.0859 e. The second kappa shape index (κ2) is 9.64. The second-order valence-electron chi connectivity index (χ2n) is 9.71. The highest BCUT2D eigenvalue weighted by molar-refractivity contribution is 5.79. The Bertz CT molecular complexity index is 662. The van der Waals surface area contributed by atoms with E-state index in [0.29, 0.717) is 6.04 Å². The van der Waals surface area contributed by atoms with Crippen molar-refractivity contribution in [3.63, 3.8) is 0 Å². The highest BCUT2D eigenvalue weighted by Crippen LogP contribution is 2.40. The molecule has 0 radical (unpaired) electrons. The average Bonchev–Trinajstić information content (AvgIpc) is 2.92. The normalized spacial score (nSPS) is 24.6. The first-order chi connectivity index (χ1) is 14.2. The van der Waals surface area contributed by atoms with Crippen molar-refractivity contribution in [3.05, 3.63) is 24.3 Å². The molecule has 4 rings (SSSR count). The van der Waals surface area contributed by atoms with Crippen LogP contribution in [0.3, 0.4) is 0 Å². The Balaban J connectivity index is 1.47. The molecule has 0 bridgehead atoms. The third kappa shape index (κ3) is 4.71. The van der Waals surface area contributed by atoms with Crippen LogP contribution in [-0.2, 0) is 0 Å². The van der Waals surface area contributed by atoms with E-state index in [1.165, 1.54) is 95.1 Å². The molecule has 3 heteroatoms. The van der Waals surface area contributed by atoms with Crippen LogP contribution in [0.1, 0.15) is 84.5 Å². The Kier molecular flexibility index (Phi) is 6.95. The molecule has 1 saturated carbocycles. The van der Waals surface area contributed by atoms with Gasteiger partial charge in [0.15, 0.2) is 0 Å². The number of piperidine rings is 1. The van der Waals surface area contributed by atoms with Crippen molar-refractivity contribution >= 4 is 17.6 Å². The summed E-state index contributed by atoms with van der Waals surface area (Å²) in [6, 6.07) is 10.3. The summed E-state index contributed by atoms with van der Waals surface area (Å²) in [6.07, 6.45) is 17.3. The van der Waals surface area contributed by atoms with Crippen LogP contribution in [0.5, 0.6) is 0 Å². The number of anilines is 1. The number of nitrogens with zero attached hydrogens (tertiary/aromatic N) is 3. The molecule has 0 aromatic heterocycles. The molecule has 1 aliphatic carbocycles. The van der Waals surface area contributed by atoms with E-state index in [1.54, 1.807) is 0 Å². The Morgan fingerprint density at radius 3 is 2.21 bits per heavy atom. The van der Waals surface area contributed by atoms with Crippen LogP contribution in [0, 0.1) is 5.41 Å². The van der Waals surface area contributed by atoms with Gasteiger partial charge in [0, 0.05) is 43.3 Å². The summed E-state index contributed by atoms with van der Waals surface area (Å²) in [4.78, 5) is 10.5. The number of fused-ring (bicyclic) bond motifs is 1. The Morgan fingerprint density at radius 1 is 0.862 bits per heavy atom. The van der Waals surface area contributed by atoms with Crippen molar-refractivity contribution in [1.82, 2.24) is 4.90 Å². The number of benzene rings is 1. The van der Waals surface area contributed by atoms with Gasteiger partial charge in [-0.2, -0.15) is 0 Å². The van der Waals surface area contributed by atoms with E-state index < -0.39 is 0 Å². The summed E-state index contributed by atoms with van der Waals surface area (Å²) in [5.41, 5.74) is 2.73. The van der Waals surface area contributed by atoms with Gasteiger partial charge in [-0.05, 0) is 50.7 Å². The lowest BCUT2D eigenvalue weighted by molar-refractivity contribution is 0.127. The zero-order valence-electron chi connectivity index (χ0n) is 18.8. The first-order valence-corrected chi connectivity index (χ1v) is 12.4. The molecule has 1 saturated heterocycles. The van der Waals surface area contributed by atoms with Crippen LogP contribution in [0.15, 0.2) is 29.3 Å². The van der Waals surface area contributed by atoms with Gasteiger partial charge in [-0.25, -0.2) is 0 Å². The first kappa shape index (κ1) is 20.9. The Morgan fingerprint density at radius 2 is 1.52 bits per heavy atom. The highest BCUT2D eigenvalue weighted by Gasteiger charge is 2.35. The minimum absolute atomic E-state index is 0.204. The number of para-hydroxylation sites is 2. The third-order valence-corrected chi connectivity index (χ3v) is 8.09. The Hall–Kier alpha value is -1.35. The quantitative estimate of drug-likeness (QED) is 0.572. The fraction of sp³-hybridized carbons (Fsp3) is 0.731. The molecule has 1 aromatic rings. The largest absolute Gasteiger partial charge is 0.366 e. The predicted octanol–water partition coefficient (Wildman–Crippen LogP) is 6.59. The number of rotatable bonds is 4. The molecular formula is C26H41N3. The lowest BCUT2D eigenvalue weighted by atomic mass is 9.82. The fourth-order valence-electron chi connectivity index (χ4n) is 5.83. The molecule has 0 spiro atoms. The minimum atomic E-state index is 0.204. The number of hydrogen-bond acceptors (Lipinski definition) is 3. The number of aliphatic imine (C=N–C) groups is 1. The number of likely N-dealkylation sites (tertiary alicyclic amines) is 1. The van der Waals surface area contributed by atoms with Gasteiger partial charge < -0.3 is 9.80 Å². The fourth-order valence-corrected chi connectivity index (χ4v) is 5.83. The van der Waals surface area contributed by atoms with Gasteiger partial charge in [0.05, 0.1) is 11.4 Å². The van der Waals surface area contributed by atoms with Gasteiger partial charge in [-0.3, -0.25) is 4.99 Å². The van der Waals surface area contributed by atoms with E-state index in [4.69, 9.17) is 4.99 Å². The van der Waals surface area contributed by atoms with Crippen LogP contribution in [0.25, 0.3) is 0 Å². The third-order valence-electron chi connectivity index (χ3n) is 8.09. The van der Waals surface area contributed by atoms with E-state index in [1.807, 2.05) is 0 Å². The van der Waals surface area contributed by atoms with E-state index in [2.05, 4.69) is 54.1 Å².